The second-order valence-corrected chi connectivity index (χ2v) is 7.23. The van der Waals surface area contributed by atoms with Crippen LogP contribution in [0.2, 0.25) is 0 Å². The number of hydrogen-bond acceptors (Lipinski definition) is 6. The molecule has 4 N–H and O–H groups in total. The van der Waals surface area contributed by atoms with Gasteiger partial charge in [0, 0.05) is 42.5 Å². The summed E-state index contributed by atoms with van der Waals surface area (Å²) in [4.78, 5) is 16.8. The Morgan fingerprint density at radius 3 is 3.04 bits per heavy atom. The van der Waals surface area contributed by atoms with Gasteiger partial charge in [0.05, 0.1) is 0 Å². The van der Waals surface area contributed by atoms with Gasteiger partial charge in [0.1, 0.15) is 0 Å². The summed E-state index contributed by atoms with van der Waals surface area (Å²) in [5, 5.41) is 7.24. The number of pyridine rings is 1. The summed E-state index contributed by atoms with van der Waals surface area (Å²) in [6, 6.07) is 4.94. The Bertz CT molecular complexity index is 705. The molecular formula is C17H21N5OS. The Balaban J connectivity index is 1.35. The Morgan fingerprint density at radius 2 is 2.17 bits per heavy atom. The third-order valence-corrected chi connectivity index (χ3v) is 5.54. The summed E-state index contributed by atoms with van der Waals surface area (Å²) in [6.07, 6.45) is 6.48. The fourth-order valence-corrected chi connectivity index (χ4v) is 4.14. The van der Waals surface area contributed by atoms with E-state index < -0.39 is 0 Å². The van der Waals surface area contributed by atoms with E-state index in [-0.39, 0.29) is 11.8 Å². The summed E-state index contributed by atoms with van der Waals surface area (Å²) in [5.41, 5.74) is 12.6. The summed E-state index contributed by atoms with van der Waals surface area (Å²) in [5.74, 6) is 0.219. The summed E-state index contributed by atoms with van der Waals surface area (Å²) >= 11 is 1.67. The standard InChI is InChI=1S/C17H21N5OS/c23-17(12-1-2-15-16(6-12)21-22-20-15)19-8-11-5-14(9-18-7-11)13-3-4-24-10-13/h3-5,7,9-10,12,15-16,20-22H,1-2,6,8H2,(H,19,23). The summed E-state index contributed by atoms with van der Waals surface area (Å²) in [6.45, 7) is 0.526. The van der Waals surface area contributed by atoms with Crippen LogP contribution in [0.4, 0.5) is 0 Å². The SMILES string of the molecule is O=C(NCc1cncc(-c2ccsc2)c1)C1CCC2NNNC2C1. The van der Waals surface area contributed by atoms with Crippen molar-refractivity contribution in [1.29, 1.82) is 0 Å². The molecule has 1 aliphatic heterocycles. The molecule has 0 radical (unpaired) electrons. The molecule has 7 heteroatoms. The van der Waals surface area contributed by atoms with E-state index in [2.05, 4.69) is 49.6 Å². The van der Waals surface area contributed by atoms with Crippen LogP contribution in [0.5, 0.6) is 0 Å². The second kappa shape index (κ2) is 6.98. The number of fused-ring (bicyclic) bond motifs is 1. The highest BCUT2D eigenvalue weighted by molar-refractivity contribution is 7.08. The van der Waals surface area contributed by atoms with Crippen molar-refractivity contribution in [2.45, 2.75) is 37.9 Å². The number of amides is 1. The van der Waals surface area contributed by atoms with Crippen molar-refractivity contribution in [3.05, 3.63) is 40.8 Å². The van der Waals surface area contributed by atoms with Crippen molar-refractivity contribution in [3.63, 3.8) is 0 Å². The van der Waals surface area contributed by atoms with Crippen LogP contribution in [0.3, 0.4) is 0 Å². The fourth-order valence-electron chi connectivity index (χ4n) is 3.47. The first-order valence-corrected chi connectivity index (χ1v) is 9.24. The molecule has 4 rings (SSSR count). The third-order valence-electron chi connectivity index (χ3n) is 4.85. The van der Waals surface area contributed by atoms with E-state index in [1.54, 1.807) is 11.3 Å². The lowest BCUT2D eigenvalue weighted by Gasteiger charge is -2.29. The van der Waals surface area contributed by atoms with Crippen LogP contribution in [0.15, 0.2) is 35.3 Å². The van der Waals surface area contributed by atoms with Gasteiger partial charge in [0.15, 0.2) is 0 Å². The highest BCUT2D eigenvalue weighted by atomic mass is 32.1. The number of carbonyl (C=O) groups excluding carboxylic acids is 1. The van der Waals surface area contributed by atoms with E-state index in [4.69, 9.17) is 0 Å². The van der Waals surface area contributed by atoms with Crippen molar-refractivity contribution in [3.8, 4) is 11.1 Å². The minimum absolute atomic E-state index is 0.0773. The molecular weight excluding hydrogens is 322 g/mol. The Kier molecular flexibility index (Phi) is 4.57. The molecule has 2 aliphatic rings. The Hall–Kier alpha value is -1.80. The molecule has 3 unspecified atom stereocenters. The van der Waals surface area contributed by atoms with Gasteiger partial charge in [-0.25, -0.2) is 10.9 Å². The van der Waals surface area contributed by atoms with E-state index in [9.17, 15) is 4.79 Å². The van der Waals surface area contributed by atoms with E-state index in [0.717, 1.165) is 30.4 Å². The quantitative estimate of drug-likeness (QED) is 0.678. The van der Waals surface area contributed by atoms with Gasteiger partial charge in [0.2, 0.25) is 5.91 Å². The monoisotopic (exact) mass is 343 g/mol. The van der Waals surface area contributed by atoms with Crippen LogP contribution in [0.25, 0.3) is 11.1 Å². The maximum atomic E-state index is 12.5. The van der Waals surface area contributed by atoms with Crippen molar-refractivity contribution in [2.24, 2.45) is 5.92 Å². The molecule has 3 heterocycles. The molecule has 1 amide bonds. The zero-order chi connectivity index (χ0) is 16.4. The maximum Gasteiger partial charge on any atom is 0.223 e. The average molecular weight is 343 g/mol. The van der Waals surface area contributed by atoms with Crippen LogP contribution in [-0.2, 0) is 11.3 Å². The van der Waals surface area contributed by atoms with E-state index in [1.165, 1.54) is 5.56 Å². The van der Waals surface area contributed by atoms with E-state index >= 15 is 0 Å². The maximum absolute atomic E-state index is 12.5. The minimum atomic E-state index is 0.0773. The number of nitrogens with zero attached hydrogens (tertiary/aromatic N) is 1. The summed E-state index contributed by atoms with van der Waals surface area (Å²) < 4.78 is 0. The van der Waals surface area contributed by atoms with Gasteiger partial charge in [-0.3, -0.25) is 9.78 Å². The number of carbonyl (C=O) groups is 1. The van der Waals surface area contributed by atoms with Gasteiger partial charge < -0.3 is 5.32 Å². The first kappa shape index (κ1) is 15.7. The van der Waals surface area contributed by atoms with Gasteiger partial charge >= 0.3 is 0 Å². The number of aromatic nitrogens is 1. The van der Waals surface area contributed by atoms with Crippen molar-refractivity contribution < 1.29 is 4.79 Å². The lowest BCUT2D eigenvalue weighted by Crippen LogP contribution is -2.44. The first-order valence-electron chi connectivity index (χ1n) is 8.30. The minimum Gasteiger partial charge on any atom is -0.352 e. The molecule has 24 heavy (non-hydrogen) atoms. The highest BCUT2D eigenvalue weighted by Gasteiger charge is 2.36. The normalized spacial score (nSPS) is 26.1. The van der Waals surface area contributed by atoms with Crippen LogP contribution in [0.1, 0.15) is 24.8 Å². The second-order valence-electron chi connectivity index (χ2n) is 6.45. The molecule has 3 atom stereocenters. The van der Waals surface area contributed by atoms with Crippen LogP contribution >= 0.6 is 11.3 Å². The number of thiophene rings is 1. The van der Waals surface area contributed by atoms with Gasteiger partial charge in [-0.1, -0.05) is 0 Å². The predicted octanol–water partition coefficient (Wildman–Crippen LogP) is 1.58. The molecule has 1 saturated heterocycles. The molecule has 0 spiro atoms. The number of hydrogen-bond donors (Lipinski definition) is 4. The molecule has 2 aromatic rings. The molecule has 126 valence electrons. The van der Waals surface area contributed by atoms with Gasteiger partial charge in [-0.15, -0.1) is 0 Å². The zero-order valence-electron chi connectivity index (χ0n) is 13.3. The number of hydrazine groups is 2. The van der Waals surface area contributed by atoms with Crippen LogP contribution in [-0.4, -0.2) is 23.0 Å². The van der Waals surface area contributed by atoms with Crippen molar-refractivity contribution >= 4 is 17.2 Å². The van der Waals surface area contributed by atoms with Gasteiger partial charge in [-0.05, 0) is 53.3 Å². The largest absolute Gasteiger partial charge is 0.352 e. The third kappa shape index (κ3) is 3.34. The molecule has 0 aromatic carbocycles. The molecule has 2 aromatic heterocycles. The van der Waals surface area contributed by atoms with Crippen molar-refractivity contribution in [2.75, 3.05) is 0 Å². The number of nitrogens with one attached hydrogen (secondary N) is 4. The van der Waals surface area contributed by atoms with Crippen LogP contribution in [0, 0.1) is 5.92 Å². The fraction of sp³-hybridized carbons (Fsp3) is 0.412. The smallest absolute Gasteiger partial charge is 0.223 e. The van der Waals surface area contributed by atoms with E-state index in [1.807, 2.05) is 12.4 Å². The first-order chi connectivity index (χ1) is 11.8. The molecule has 2 fully saturated rings. The lowest BCUT2D eigenvalue weighted by molar-refractivity contribution is -0.126. The topological polar surface area (TPSA) is 78.1 Å². The zero-order valence-corrected chi connectivity index (χ0v) is 14.1. The lowest BCUT2D eigenvalue weighted by atomic mass is 9.82. The molecule has 0 bridgehead atoms. The summed E-state index contributed by atoms with van der Waals surface area (Å²) in [7, 11) is 0. The predicted molar refractivity (Wildman–Crippen MR) is 93.7 cm³/mol. The molecule has 1 saturated carbocycles. The average Bonchev–Trinajstić information content (AvgIpc) is 3.30. The van der Waals surface area contributed by atoms with Crippen LogP contribution < -0.4 is 21.7 Å². The Labute approximate surface area is 145 Å². The number of rotatable bonds is 4. The molecule has 6 nitrogen and oxygen atoms in total. The Morgan fingerprint density at radius 1 is 1.25 bits per heavy atom. The van der Waals surface area contributed by atoms with Gasteiger partial charge in [-0.2, -0.15) is 16.9 Å². The van der Waals surface area contributed by atoms with Gasteiger partial charge in [0.25, 0.3) is 0 Å². The highest BCUT2D eigenvalue weighted by Crippen LogP contribution is 2.26. The van der Waals surface area contributed by atoms with E-state index in [0.29, 0.717) is 18.6 Å². The van der Waals surface area contributed by atoms with Crippen molar-refractivity contribution in [1.82, 2.24) is 26.7 Å². The molecule has 1 aliphatic carbocycles.